The Labute approximate surface area is 125 Å². The summed E-state index contributed by atoms with van der Waals surface area (Å²) in [4.78, 5) is 2.30. The van der Waals surface area contributed by atoms with Crippen LogP contribution in [-0.4, -0.2) is 4.90 Å². The van der Waals surface area contributed by atoms with Gasteiger partial charge in [0.2, 0.25) is 0 Å². The van der Waals surface area contributed by atoms with Crippen molar-refractivity contribution >= 4 is 11.6 Å². The number of nitrogens with zero attached hydrogens (tertiary/aromatic N) is 1. The molecule has 0 aromatic heterocycles. The van der Waals surface area contributed by atoms with Crippen LogP contribution >= 0.6 is 0 Å². The normalized spacial score (nSPS) is 19.5. The van der Waals surface area contributed by atoms with Crippen molar-refractivity contribution in [2.24, 2.45) is 0 Å². The Bertz CT molecular complexity index is 765. The molecule has 0 saturated heterocycles. The first-order valence-electron chi connectivity index (χ1n) is 7.33. The summed E-state index contributed by atoms with van der Waals surface area (Å²) >= 11 is 0. The van der Waals surface area contributed by atoms with Crippen LogP contribution in [0, 0.1) is 0 Å². The van der Waals surface area contributed by atoms with E-state index in [0.717, 1.165) is 0 Å². The van der Waals surface area contributed by atoms with Crippen LogP contribution < -0.4 is 0 Å². The van der Waals surface area contributed by atoms with Gasteiger partial charge < -0.3 is 4.90 Å². The zero-order valence-electron chi connectivity index (χ0n) is 12.0. The molecular formula is C20H17N. The molecule has 21 heavy (non-hydrogen) atoms. The fraction of sp³-hybridized carbons (Fsp3) is 0.100. The summed E-state index contributed by atoms with van der Waals surface area (Å²) in [6.07, 6.45) is 9.00. The standard InChI is InChI=1S/C20H17N/c1-15-13-20-18-10-6-5-9-17(18)11-12-21(20)14-19(15)16-7-3-2-4-8-16/h2-14,20H,1H3. The monoisotopic (exact) mass is 271 g/mol. The van der Waals surface area contributed by atoms with Crippen molar-refractivity contribution in [2.75, 3.05) is 0 Å². The second kappa shape index (κ2) is 4.78. The molecular weight excluding hydrogens is 254 g/mol. The third-order valence-corrected chi connectivity index (χ3v) is 4.26. The van der Waals surface area contributed by atoms with Gasteiger partial charge >= 0.3 is 0 Å². The average molecular weight is 271 g/mol. The molecule has 0 aliphatic carbocycles. The highest BCUT2D eigenvalue weighted by Gasteiger charge is 2.24. The maximum atomic E-state index is 2.37. The molecule has 1 heteroatoms. The van der Waals surface area contributed by atoms with Crippen LogP contribution in [-0.2, 0) is 0 Å². The van der Waals surface area contributed by atoms with Crippen molar-refractivity contribution in [3.8, 4) is 0 Å². The van der Waals surface area contributed by atoms with Gasteiger partial charge in [-0.3, -0.25) is 0 Å². The number of fused-ring (bicyclic) bond motifs is 3. The number of benzene rings is 2. The predicted octanol–water partition coefficient (Wildman–Crippen LogP) is 5.02. The molecule has 0 fully saturated rings. The summed E-state index contributed by atoms with van der Waals surface area (Å²) in [6.45, 7) is 2.21. The SMILES string of the molecule is CC1=CC2c3ccccc3C=CN2C=C1c1ccccc1. The smallest absolute Gasteiger partial charge is 0.0775 e. The van der Waals surface area contributed by atoms with Crippen molar-refractivity contribution in [3.05, 3.63) is 95.3 Å². The molecule has 102 valence electrons. The third kappa shape index (κ3) is 2.02. The number of allylic oxidation sites excluding steroid dienone is 2. The first-order chi connectivity index (χ1) is 10.3. The fourth-order valence-electron chi connectivity index (χ4n) is 3.15. The minimum Gasteiger partial charge on any atom is -0.343 e. The minimum atomic E-state index is 0.318. The fourth-order valence-corrected chi connectivity index (χ4v) is 3.15. The van der Waals surface area contributed by atoms with Crippen LogP contribution in [0.2, 0.25) is 0 Å². The van der Waals surface area contributed by atoms with E-state index in [2.05, 4.69) is 91.0 Å². The molecule has 4 rings (SSSR count). The lowest BCUT2D eigenvalue weighted by atomic mass is 9.89. The zero-order chi connectivity index (χ0) is 14.2. The molecule has 2 aromatic carbocycles. The van der Waals surface area contributed by atoms with Crippen molar-refractivity contribution in [3.63, 3.8) is 0 Å². The molecule has 0 radical (unpaired) electrons. The van der Waals surface area contributed by atoms with Crippen molar-refractivity contribution in [1.29, 1.82) is 0 Å². The predicted molar refractivity (Wildman–Crippen MR) is 88.2 cm³/mol. The Balaban J connectivity index is 1.79. The maximum absolute atomic E-state index is 2.37. The molecule has 0 spiro atoms. The number of hydrogen-bond acceptors (Lipinski definition) is 1. The van der Waals surface area contributed by atoms with Crippen LogP contribution in [0.25, 0.3) is 11.6 Å². The number of rotatable bonds is 1. The Morgan fingerprint density at radius 2 is 1.67 bits per heavy atom. The zero-order valence-corrected chi connectivity index (χ0v) is 12.0. The average Bonchev–Trinajstić information content (AvgIpc) is 2.55. The molecule has 1 unspecified atom stereocenters. The van der Waals surface area contributed by atoms with E-state index in [1.807, 2.05) is 0 Å². The van der Waals surface area contributed by atoms with E-state index < -0.39 is 0 Å². The lowest BCUT2D eigenvalue weighted by Crippen LogP contribution is -2.23. The molecule has 0 amide bonds. The summed E-state index contributed by atoms with van der Waals surface area (Å²) in [5.74, 6) is 0. The van der Waals surface area contributed by atoms with E-state index in [0.29, 0.717) is 6.04 Å². The third-order valence-electron chi connectivity index (χ3n) is 4.26. The molecule has 1 atom stereocenters. The van der Waals surface area contributed by atoms with Gasteiger partial charge in [-0.2, -0.15) is 0 Å². The molecule has 2 aliphatic rings. The van der Waals surface area contributed by atoms with Gasteiger partial charge in [0.05, 0.1) is 6.04 Å². The van der Waals surface area contributed by atoms with Crippen LogP contribution in [0.1, 0.15) is 29.7 Å². The lowest BCUT2D eigenvalue weighted by Gasteiger charge is -2.35. The highest BCUT2D eigenvalue weighted by Crippen LogP contribution is 2.39. The van der Waals surface area contributed by atoms with Gasteiger partial charge in [-0.05, 0) is 35.3 Å². The summed E-state index contributed by atoms with van der Waals surface area (Å²) in [6, 6.07) is 19.5. The Morgan fingerprint density at radius 1 is 0.905 bits per heavy atom. The maximum Gasteiger partial charge on any atom is 0.0775 e. The Hall–Kier alpha value is -2.54. The van der Waals surface area contributed by atoms with Gasteiger partial charge in [0.15, 0.2) is 0 Å². The Morgan fingerprint density at radius 3 is 2.52 bits per heavy atom. The van der Waals surface area contributed by atoms with E-state index in [-0.39, 0.29) is 0 Å². The lowest BCUT2D eigenvalue weighted by molar-refractivity contribution is 0.430. The van der Waals surface area contributed by atoms with Gasteiger partial charge in [0, 0.05) is 18.0 Å². The van der Waals surface area contributed by atoms with E-state index in [9.17, 15) is 0 Å². The van der Waals surface area contributed by atoms with Gasteiger partial charge in [-0.1, -0.05) is 60.7 Å². The van der Waals surface area contributed by atoms with Gasteiger partial charge in [0.25, 0.3) is 0 Å². The van der Waals surface area contributed by atoms with Crippen molar-refractivity contribution in [2.45, 2.75) is 13.0 Å². The summed E-state index contributed by atoms with van der Waals surface area (Å²) in [5, 5.41) is 0. The van der Waals surface area contributed by atoms with Gasteiger partial charge in [-0.25, -0.2) is 0 Å². The van der Waals surface area contributed by atoms with Crippen LogP contribution in [0.5, 0.6) is 0 Å². The van der Waals surface area contributed by atoms with Crippen LogP contribution in [0.15, 0.2) is 78.6 Å². The highest BCUT2D eigenvalue weighted by molar-refractivity contribution is 5.80. The summed E-state index contributed by atoms with van der Waals surface area (Å²) in [7, 11) is 0. The minimum absolute atomic E-state index is 0.318. The molecule has 2 aliphatic heterocycles. The first-order valence-corrected chi connectivity index (χ1v) is 7.33. The van der Waals surface area contributed by atoms with E-state index in [1.54, 1.807) is 0 Å². The van der Waals surface area contributed by atoms with Crippen LogP contribution in [0.4, 0.5) is 0 Å². The molecule has 0 saturated carbocycles. The van der Waals surface area contributed by atoms with E-state index in [4.69, 9.17) is 0 Å². The summed E-state index contributed by atoms with van der Waals surface area (Å²) in [5.41, 5.74) is 6.61. The highest BCUT2D eigenvalue weighted by atomic mass is 15.1. The molecule has 2 aromatic rings. The largest absolute Gasteiger partial charge is 0.343 e. The molecule has 0 bridgehead atoms. The van der Waals surface area contributed by atoms with E-state index >= 15 is 0 Å². The molecule has 0 N–H and O–H groups in total. The Kier molecular flexibility index (Phi) is 2.78. The number of hydrogen-bond donors (Lipinski definition) is 0. The quantitative estimate of drug-likeness (QED) is 0.704. The van der Waals surface area contributed by atoms with Crippen LogP contribution in [0.3, 0.4) is 0 Å². The second-order valence-corrected chi connectivity index (χ2v) is 5.60. The molecule has 1 nitrogen and oxygen atoms in total. The first kappa shape index (κ1) is 12.2. The molecule has 2 heterocycles. The van der Waals surface area contributed by atoms with Gasteiger partial charge in [-0.15, -0.1) is 0 Å². The van der Waals surface area contributed by atoms with Crippen molar-refractivity contribution in [1.82, 2.24) is 4.90 Å². The topological polar surface area (TPSA) is 3.24 Å². The van der Waals surface area contributed by atoms with Crippen molar-refractivity contribution < 1.29 is 0 Å². The van der Waals surface area contributed by atoms with E-state index in [1.165, 1.54) is 27.8 Å². The second-order valence-electron chi connectivity index (χ2n) is 5.60. The van der Waals surface area contributed by atoms with Gasteiger partial charge in [0.1, 0.15) is 0 Å². The summed E-state index contributed by atoms with van der Waals surface area (Å²) < 4.78 is 0.